The van der Waals surface area contributed by atoms with Crippen molar-refractivity contribution in [1.29, 1.82) is 0 Å². The molecule has 0 unspecified atom stereocenters. The highest BCUT2D eigenvalue weighted by Gasteiger charge is 2.14. The van der Waals surface area contributed by atoms with Crippen LogP contribution in [-0.2, 0) is 4.79 Å². The number of thiophene rings is 1. The van der Waals surface area contributed by atoms with Crippen LogP contribution in [0.1, 0.15) is 5.56 Å². The Labute approximate surface area is 210 Å². The fourth-order valence-corrected chi connectivity index (χ4v) is 5.17. The molecule has 0 spiro atoms. The van der Waals surface area contributed by atoms with Gasteiger partial charge in [-0.05, 0) is 48.9 Å². The van der Waals surface area contributed by atoms with Gasteiger partial charge >= 0.3 is 0 Å². The topological polar surface area (TPSA) is 84.1 Å². The van der Waals surface area contributed by atoms with Crippen LogP contribution in [0, 0.1) is 6.92 Å². The van der Waals surface area contributed by atoms with Crippen molar-refractivity contribution in [3.05, 3.63) is 100 Å². The summed E-state index contributed by atoms with van der Waals surface area (Å²) in [7, 11) is 0. The molecule has 0 saturated carbocycles. The number of thioether (sulfide) groups is 1. The van der Waals surface area contributed by atoms with E-state index < -0.39 is 0 Å². The number of para-hydroxylation sites is 1. The number of carbonyl (C=O) groups excluding carboxylic acids is 1. The van der Waals surface area contributed by atoms with Gasteiger partial charge in [0.15, 0.2) is 5.16 Å². The number of anilines is 1. The molecule has 8 heteroatoms. The number of aromatic amines is 1. The number of nitrogens with zero attached hydrogens (tertiary/aromatic N) is 1. The summed E-state index contributed by atoms with van der Waals surface area (Å²) in [6.07, 6.45) is 0. The molecule has 2 aromatic heterocycles. The maximum absolute atomic E-state index is 12.8. The monoisotopic (exact) mass is 499 g/mol. The molecule has 174 valence electrons. The average Bonchev–Trinajstić information content (AvgIpc) is 3.30. The molecule has 1 amide bonds. The molecule has 2 N–H and O–H groups in total. The van der Waals surface area contributed by atoms with Crippen LogP contribution in [0.25, 0.3) is 21.3 Å². The Hall–Kier alpha value is -3.88. The van der Waals surface area contributed by atoms with E-state index in [2.05, 4.69) is 15.3 Å². The molecule has 0 aliphatic heterocycles. The van der Waals surface area contributed by atoms with Crippen LogP contribution in [0.4, 0.5) is 5.69 Å². The maximum atomic E-state index is 12.8. The molecule has 0 bridgehead atoms. The van der Waals surface area contributed by atoms with Crippen LogP contribution in [-0.4, -0.2) is 21.6 Å². The molecule has 0 aliphatic carbocycles. The van der Waals surface area contributed by atoms with Crippen LogP contribution in [0.15, 0.2) is 94.2 Å². The Morgan fingerprint density at radius 2 is 1.71 bits per heavy atom. The first-order valence-electron chi connectivity index (χ1n) is 10.9. The zero-order valence-corrected chi connectivity index (χ0v) is 20.4. The minimum absolute atomic E-state index is 0.118. The summed E-state index contributed by atoms with van der Waals surface area (Å²) in [5.74, 6) is 1.35. The normalized spacial score (nSPS) is 10.9. The third-order valence-corrected chi connectivity index (χ3v) is 6.99. The van der Waals surface area contributed by atoms with Gasteiger partial charge in [0, 0.05) is 16.6 Å². The molecule has 0 fully saturated rings. The lowest BCUT2D eigenvalue weighted by Crippen LogP contribution is -2.15. The van der Waals surface area contributed by atoms with E-state index >= 15 is 0 Å². The number of amides is 1. The number of aromatic nitrogens is 2. The van der Waals surface area contributed by atoms with E-state index in [0.29, 0.717) is 26.8 Å². The highest BCUT2D eigenvalue weighted by molar-refractivity contribution is 7.99. The predicted molar refractivity (Wildman–Crippen MR) is 143 cm³/mol. The second-order valence-corrected chi connectivity index (χ2v) is 9.67. The van der Waals surface area contributed by atoms with Crippen molar-refractivity contribution in [2.24, 2.45) is 0 Å². The lowest BCUT2D eigenvalue weighted by Gasteiger charge is -2.08. The Morgan fingerprint density at radius 3 is 2.46 bits per heavy atom. The number of hydrogen-bond donors (Lipinski definition) is 2. The van der Waals surface area contributed by atoms with Crippen molar-refractivity contribution in [3.63, 3.8) is 0 Å². The summed E-state index contributed by atoms with van der Waals surface area (Å²) in [5.41, 5.74) is 3.47. The van der Waals surface area contributed by atoms with Crippen molar-refractivity contribution < 1.29 is 9.53 Å². The van der Waals surface area contributed by atoms with Crippen LogP contribution in [0.2, 0.25) is 0 Å². The molecule has 0 radical (unpaired) electrons. The molecule has 0 aliphatic rings. The SMILES string of the molecule is Cc1ccc(-c2csc3nc(SCC(=O)Nc4ccc(Oc5ccccc5)cc4)[nH]c(=O)c23)cc1. The summed E-state index contributed by atoms with van der Waals surface area (Å²) in [4.78, 5) is 33.3. The van der Waals surface area contributed by atoms with Crippen molar-refractivity contribution in [2.45, 2.75) is 12.1 Å². The largest absolute Gasteiger partial charge is 0.457 e. The summed E-state index contributed by atoms with van der Waals surface area (Å²) < 4.78 is 5.77. The fourth-order valence-electron chi connectivity index (χ4n) is 3.51. The molecular weight excluding hydrogens is 478 g/mol. The Bertz CT molecular complexity index is 1530. The van der Waals surface area contributed by atoms with E-state index in [-0.39, 0.29) is 17.2 Å². The number of hydrogen-bond acceptors (Lipinski definition) is 6. The van der Waals surface area contributed by atoms with E-state index in [4.69, 9.17) is 4.74 Å². The van der Waals surface area contributed by atoms with Gasteiger partial charge in [-0.1, -0.05) is 59.8 Å². The third kappa shape index (κ3) is 5.45. The van der Waals surface area contributed by atoms with Crippen molar-refractivity contribution >= 4 is 44.9 Å². The van der Waals surface area contributed by atoms with Crippen LogP contribution in [0.5, 0.6) is 11.5 Å². The summed E-state index contributed by atoms with van der Waals surface area (Å²) in [6.45, 7) is 2.03. The van der Waals surface area contributed by atoms with E-state index in [9.17, 15) is 9.59 Å². The molecule has 5 aromatic rings. The first-order chi connectivity index (χ1) is 17.0. The first-order valence-corrected chi connectivity index (χ1v) is 12.8. The van der Waals surface area contributed by atoms with Gasteiger partial charge in [-0.2, -0.15) is 0 Å². The van der Waals surface area contributed by atoms with Gasteiger partial charge in [-0.15, -0.1) is 11.3 Å². The van der Waals surface area contributed by atoms with E-state index in [0.717, 1.165) is 22.4 Å². The zero-order valence-electron chi connectivity index (χ0n) is 18.8. The van der Waals surface area contributed by atoms with Gasteiger partial charge in [-0.25, -0.2) is 4.98 Å². The molecular formula is C27H21N3O3S2. The van der Waals surface area contributed by atoms with E-state index in [1.165, 1.54) is 23.1 Å². The second-order valence-electron chi connectivity index (χ2n) is 7.84. The highest BCUT2D eigenvalue weighted by Crippen LogP contribution is 2.31. The molecule has 35 heavy (non-hydrogen) atoms. The molecule has 5 rings (SSSR count). The lowest BCUT2D eigenvalue weighted by molar-refractivity contribution is -0.113. The van der Waals surface area contributed by atoms with E-state index in [1.807, 2.05) is 66.9 Å². The van der Waals surface area contributed by atoms with Crippen LogP contribution >= 0.6 is 23.1 Å². The fraction of sp³-hybridized carbons (Fsp3) is 0.0741. The smallest absolute Gasteiger partial charge is 0.260 e. The van der Waals surface area contributed by atoms with Gasteiger partial charge in [0.25, 0.3) is 5.56 Å². The number of benzene rings is 3. The van der Waals surface area contributed by atoms with Crippen molar-refractivity contribution in [2.75, 3.05) is 11.1 Å². The first kappa shape index (κ1) is 22.9. The van der Waals surface area contributed by atoms with Crippen LogP contribution < -0.4 is 15.6 Å². The molecule has 0 atom stereocenters. The number of ether oxygens (including phenoxy) is 1. The number of aryl methyl sites for hydroxylation is 1. The number of nitrogens with one attached hydrogen (secondary N) is 2. The van der Waals surface area contributed by atoms with E-state index in [1.54, 1.807) is 24.3 Å². The van der Waals surface area contributed by atoms with Gasteiger partial charge < -0.3 is 15.0 Å². The Balaban J connectivity index is 1.22. The molecule has 2 heterocycles. The Morgan fingerprint density at radius 1 is 1.00 bits per heavy atom. The molecule has 0 saturated heterocycles. The maximum Gasteiger partial charge on any atom is 0.260 e. The highest BCUT2D eigenvalue weighted by atomic mass is 32.2. The number of H-pyrrole nitrogens is 1. The zero-order chi connectivity index (χ0) is 24.2. The minimum Gasteiger partial charge on any atom is -0.457 e. The Kier molecular flexibility index (Phi) is 6.65. The summed E-state index contributed by atoms with van der Waals surface area (Å²) >= 11 is 2.62. The molecule has 3 aromatic carbocycles. The quantitative estimate of drug-likeness (QED) is 0.198. The van der Waals surface area contributed by atoms with Gasteiger partial charge in [0.1, 0.15) is 16.3 Å². The molecule has 6 nitrogen and oxygen atoms in total. The summed E-state index contributed by atoms with van der Waals surface area (Å²) in [5, 5.41) is 5.79. The third-order valence-electron chi connectivity index (χ3n) is 5.24. The van der Waals surface area contributed by atoms with Gasteiger partial charge in [0.2, 0.25) is 5.91 Å². The standard InChI is InChI=1S/C27H21N3O3S2/c1-17-7-9-18(10-8-17)22-15-34-26-24(22)25(32)29-27(30-26)35-16-23(31)28-19-11-13-21(14-12-19)33-20-5-3-2-4-6-20/h2-15H,16H2,1H3,(H,28,31)(H,29,30,32). The predicted octanol–water partition coefficient (Wildman–Crippen LogP) is 6.48. The lowest BCUT2D eigenvalue weighted by atomic mass is 10.1. The van der Waals surface area contributed by atoms with Crippen molar-refractivity contribution in [3.8, 4) is 22.6 Å². The number of fused-ring (bicyclic) bond motifs is 1. The van der Waals surface area contributed by atoms with Gasteiger partial charge in [-0.3, -0.25) is 9.59 Å². The second kappa shape index (κ2) is 10.2. The van der Waals surface area contributed by atoms with Gasteiger partial charge in [0.05, 0.1) is 11.1 Å². The average molecular weight is 500 g/mol. The summed E-state index contributed by atoms with van der Waals surface area (Å²) in [6, 6.07) is 24.7. The number of rotatable bonds is 7. The number of carbonyl (C=O) groups is 1. The minimum atomic E-state index is -0.205. The van der Waals surface area contributed by atoms with Crippen LogP contribution in [0.3, 0.4) is 0 Å². The van der Waals surface area contributed by atoms with Crippen molar-refractivity contribution in [1.82, 2.24) is 9.97 Å².